The van der Waals surface area contributed by atoms with Crippen molar-refractivity contribution >= 4 is 33.0 Å². The molecule has 1 aliphatic rings. The van der Waals surface area contributed by atoms with Gasteiger partial charge in [-0.1, -0.05) is 30.3 Å². The molecule has 1 fully saturated rings. The SMILES string of the molecule is COc1cc2c(N3CCCN(S(=O)(=O)NC(=O)OC(C)(C)C)CC3)ncnc2cc1OCc1ccccc1. The van der Waals surface area contributed by atoms with Gasteiger partial charge in [-0.15, -0.1) is 0 Å². The molecule has 1 aromatic heterocycles. The van der Waals surface area contributed by atoms with Crippen LogP contribution in [0, 0.1) is 0 Å². The Kier molecular flexibility index (Phi) is 8.22. The van der Waals surface area contributed by atoms with E-state index in [-0.39, 0.29) is 13.1 Å². The van der Waals surface area contributed by atoms with Gasteiger partial charge in [0, 0.05) is 37.6 Å². The summed E-state index contributed by atoms with van der Waals surface area (Å²) in [5.41, 5.74) is 0.902. The Morgan fingerprint density at radius 2 is 1.79 bits per heavy atom. The number of nitrogens with one attached hydrogen (secondary N) is 1. The largest absolute Gasteiger partial charge is 0.493 e. The first kappa shape index (κ1) is 27.4. The summed E-state index contributed by atoms with van der Waals surface area (Å²) in [4.78, 5) is 23.0. The number of amides is 1. The van der Waals surface area contributed by atoms with Gasteiger partial charge in [0.25, 0.3) is 0 Å². The maximum atomic E-state index is 12.8. The molecule has 1 saturated heterocycles. The minimum atomic E-state index is -4.06. The van der Waals surface area contributed by atoms with Crippen molar-refractivity contribution in [1.82, 2.24) is 19.0 Å². The van der Waals surface area contributed by atoms with Crippen molar-refractivity contribution in [1.29, 1.82) is 0 Å². The van der Waals surface area contributed by atoms with Crippen LogP contribution in [0.1, 0.15) is 32.8 Å². The lowest BCUT2D eigenvalue weighted by Gasteiger charge is -2.24. The van der Waals surface area contributed by atoms with Gasteiger partial charge in [0.05, 0.1) is 12.6 Å². The minimum absolute atomic E-state index is 0.166. The maximum absolute atomic E-state index is 12.8. The van der Waals surface area contributed by atoms with Gasteiger partial charge in [0.2, 0.25) is 0 Å². The van der Waals surface area contributed by atoms with E-state index in [4.69, 9.17) is 14.2 Å². The van der Waals surface area contributed by atoms with Gasteiger partial charge in [0.15, 0.2) is 11.5 Å². The summed E-state index contributed by atoms with van der Waals surface area (Å²) in [6.07, 6.45) is 1.02. The lowest BCUT2D eigenvalue weighted by molar-refractivity contribution is 0.0567. The van der Waals surface area contributed by atoms with E-state index < -0.39 is 21.9 Å². The van der Waals surface area contributed by atoms with E-state index in [1.807, 2.05) is 52.1 Å². The molecule has 204 valence electrons. The van der Waals surface area contributed by atoms with Crippen LogP contribution in [-0.4, -0.2) is 67.7 Å². The maximum Gasteiger partial charge on any atom is 0.422 e. The number of carbonyl (C=O) groups excluding carboxylic acids is 1. The summed E-state index contributed by atoms with van der Waals surface area (Å²) in [6.45, 7) is 6.74. The molecular formula is C26H33N5O6S. The molecule has 3 aromatic rings. The van der Waals surface area contributed by atoms with Gasteiger partial charge < -0.3 is 19.1 Å². The molecule has 0 aliphatic carbocycles. The van der Waals surface area contributed by atoms with E-state index >= 15 is 0 Å². The zero-order valence-corrected chi connectivity index (χ0v) is 22.8. The Balaban J connectivity index is 1.51. The first-order chi connectivity index (χ1) is 18.1. The van der Waals surface area contributed by atoms with Crippen molar-refractivity contribution in [3.8, 4) is 11.5 Å². The molecule has 0 radical (unpaired) electrons. The average Bonchev–Trinajstić information content (AvgIpc) is 3.12. The van der Waals surface area contributed by atoms with Gasteiger partial charge in [-0.2, -0.15) is 12.7 Å². The standard InChI is InChI=1S/C26H33N5O6S/c1-26(2,3)37-25(32)29-38(33,34)31-12-8-11-30(13-14-31)24-20-15-22(35-4)23(16-21(20)27-18-28-24)36-17-19-9-6-5-7-10-19/h5-7,9-10,15-16,18H,8,11-14,17H2,1-4H3,(H,29,32). The number of fused-ring (bicyclic) bond motifs is 1. The van der Waals surface area contributed by atoms with Gasteiger partial charge in [0.1, 0.15) is 24.4 Å². The van der Waals surface area contributed by atoms with Crippen molar-refractivity contribution in [2.45, 2.75) is 39.4 Å². The third-order valence-corrected chi connectivity index (χ3v) is 7.31. The number of nitrogens with zero attached hydrogens (tertiary/aromatic N) is 4. The van der Waals surface area contributed by atoms with Crippen LogP contribution in [0.25, 0.3) is 10.9 Å². The van der Waals surface area contributed by atoms with Gasteiger partial charge in [-0.05, 0) is 38.8 Å². The number of ether oxygens (including phenoxy) is 3. The summed E-state index contributed by atoms with van der Waals surface area (Å²) in [6, 6.07) is 13.5. The number of methoxy groups -OCH3 is 1. The van der Waals surface area contributed by atoms with Crippen LogP contribution in [0.15, 0.2) is 48.8 Å². The highest BCUT2D eigenvalue weighted by Crippen LogP contribution is 2.35. The molecule has 0 unspecified atom stereocenters. The van der Waals surface area contributed by atoms with Gasteiger partial charge in [-0.25, -0.2) is 19.5 Å². The third kappa shape index (κ3) is 6.81. The Labute approximate surface area is 222 Å². The lowest BCUT2D eigenvalue weighted by Crippen LogP contribution is -2.46. The summed E-state index contributed by atoms with van der Waals surface area (Å²) >= 11 is 0. The minimum Gasteiger partial charge on any atom is -0.493 e. The van der Waals surface area contributed by atoms with Crippen LogP contribution in [0.3, 0.4) is 0 Å². The molecule has 1 amide bonds. The summed E-state index contributed by atoms with van der Waals surface area (Å²) in [5, 5.41) is 0.764. The van der Waals surface area contributed by atoms with Crippen molar-refractivity contribution in [3.05, 3.63) is 54.4 Å². The molecule has 11 nitrogen and oxygen atoms in total. The number of benzene rings is 2. The summed E-state index contributed by atoms with van der Waals surface area (Å²) < 4.78 is 45.6. The van der Waals surface area contributed by atoms with Crippen LogP contribution < -0.4 is 19.1 Å². The number of hydrogen-bond donors (Lipinski definition) is 1. The zero-order valence-electron chi connectivity index (χ0n) is 22.0. The van der Waals surface area contributed by atoms with E-state index in [9.17, 15) is 13.2 Å². The summed E-state index contributed by atoms with van der Waals surface area (Å²) in [7, 11) is -2.48. The van der Waals surface area contributed by atoms with Crippen LogP contribution >= 0.6 is 0 Å². The molecule has 1 N–H and O–H groups in total. The second-order valence-electron chi connectivity index (χ2n) is 9.84. The molecule has 38 heavy (non-hydrogen) atoms. The molecule has 12 heteroatoms. The van der Waals surface area contributed by atoms with Crippen molar-refractivity contribution in [2.24, 2.45) is 0 Å². The average molecular weight is 544 g/mol. The number of carbonyl (C=O) groups is 1. The number of anilines is 1. The fourth-order valence-corrected chi connectivity index (χ4v) is 5.20. The number of rotatable bonds is 7. The Bertz CT molecular complexity index is 1380. The predicted molar refractivity (Wildman–Crippen MR) is 144 cm³/mol. The molecule has 2 heterocycles. The number of aromatic nitrogens is 2. The third-order valence-electron chi connectivity index (χ3n) is 5.84. The molecule has 1 aliphatic heterocycles. The molecule has 4 rings (SSSR count). The van der Waals surface area contributed by atoms with E-state index in [0.717, 1.165) is 10.9 Å². The molecule has 0 bridgehead atoms. The highest BCUT2D eigenvalue weighted by atomic mass is 32.2. The van der Waals surface area contributed by atoms with Crippen LogP contribution in [-0.2, 0) is 21.6 Å². The van der Waals surface area contributed by atoms with Crippen molar-refractivity contribution in [3.63, 3.8) is 0 Å². The highest BCUT2D eigenvalue weighted by Gasteiger charge is 2.29. The summed E-state index contributed by atoms with van der Waals surface area (Å²) in [5.74, 6) is 1.78. The molecule has 0 saturated carbocycles. The quantitative estimate of drug-likeness (QED) is 0.477. The van der Waals surface area contributed by atoms with Crippen molar-refractivity contribution in [2.75, 3.05) is 38.2 Å². The number of hydrogen-bond acceptors (Lipinski definition) is 9. The fourth-order valence-electron chi connectivity index (χ4n) is 4.12. The van der Waals surface area contributed by atoms with Gasteiger partial charge in [-0.3, -0.25) is 0 Å². The normalized spacial score (nSPS) is 15.1. The van der Waals surface area contributed by atoms with E-state index in [2.05, 4.69) is 9.97 Å². The lowest BCUT2D eigenvalue weighted by atomic mass is 10.2. The first-order valence-electron chi connectivity index (χ1n) is 12.3. The van der Waals surface area contributed by atoms with Crippen LogP contribution in [0.5, 0.6) is 11.5 Å². The van der Waals surface area contributed by atoms with E-state index in [1.165, 1.54) is 10.6 Å². The Morgan fingerprint density at radius 3 is 2.50 bits per heavy atom. The Hall–Kier alpha value is -3.64. The molecular weight excluding hydrogens is 510 g/mol. The zero-order chi connectivity index (χ0) is 27.3. The van der Waals surface area contributed by atoms with E-state index in [1.54, 1.807) is 27.9 Å². The van der Waals surface area contributed by atoms with Crippen LogP contribution in [0.2, 0.25) is 0 Å². The van der Waals surface area contributed by atoms with Crippen molar-refractivity contribution < 1.29 is 27.4 Å². The topological polar surface area (TPSA) is 123 Å². The monoisotopic (exact) mass is 543 g/mol. The molecule has 0 atom stereocenters. The second kappa shape index (κ2) is 11.4. The van der Waals surface area contributed by atoms with Crippen LogP contribution in [0.4, 0.5) is 10.6 Å². The predicted octanol–water partition coefficient (Wildman–Crippen LogP) is 3.50. The fraction of sp³-hybridized carbons (Fsp3) is 0.423. The second-order valence-corrected chi connectivity index (χ2v) is 11.5. The Morgan fingerprint density at radius 1 is 1.03 bits per heavy atom. The smallest absolute Gasteiger partial charge is 0.422 e. The van der Waals surface area contributed by atoms with Gasteiger partial charge >= 0.3 is 16.3 Å². The highest BCUT2D eigenvalue weighted by molar-refractivity contribution is 7.87. The molecule has 2 aromatic carbocycles. The first-order valence-corrected chi connectivity index (χ1v) is 13.7. The molecule has 0 spiro atoms. The van der Waals surface area contributed by atoms with E-state index in [0.29, 0.717) is 49.0 Å².